The number of benzene rings is 1. The molecule has 0 saturated heterocycles. The SMILES string of the molecule is COc1ccc(-n2cc(C=NO)cc2C)cc1. The lowest BCUT2D eigenvalue weighted by Crippen LogP contribution is -1.94. The third-order valence-corrected chi connectivity index (χ3v) is 2.59. The van der Waals surface area contributed by atoms with Crippen molar-refractivity contribution >= 4 is 6.21 Å². The fraction of sp³-hybridized carbons (Fsp3) is 0.154. The minimum absolute atomic E-state index is 0.829. The van der Waals surface area contributed by atoms with E-state index in [2.05, 4.69) is 5.16 Å². The van der Waals surface area contributed by atoms with Gasteiger partial charge in [0.25, 0.3) is 0 Å². The van der Waals surface area contributed by atoms with Crippen molar-refractivity contribution in [3.05, 3.63) is 47.8 Å². The molecule has 0 bridgehead atoms. The van der Waals surface area contributed by atoms with Gasteiger partial charge in [-0.2, -0.15) is 0 Å². The lowest BCUT2D eigenvalue weighted by atomic mass is 10.3. The summed E-state index contributed by atoms with van der Waals surface area (Å²) in [4.78, 5) is 0. The molecular weight excluding hydrogens is 216 g/mol. The topological polar surface area (TPSA) is 46.8 Å². The zero-order chi connectivity index (χ0) is 12.3. The minimum atomic E-state index is 0.829. The zero-order valence-corrected chi connectivity index (χ0v) is 9.79. The zero-order valence-electron chi connectivity index (χ0n) is 9.79. The van der Waals surface area contributed by atoms with Crippen molar-refractivity contribution in [2.45, 2.75) is 6.92 Å². The molecule has 17 heavy (non-hydrogen) atoms. The Morgan fingerprint density at radius 1 is 1.29 bits per heavy atom. The van der Waals surface area contributed by atoms with Crippen molar-refractivity contribution in [3.8, 4) is 11.4 Å². The summed E-state index contributed by atoms with van der Waals surface area (Å²) >= 11 is 0. The average molecular weight is 230 g/mol. The molecule has 0 aliphatic rings. The summed E-state index contributed by atoms with van der Waals surface area (Å²) in [5.41, 5.74) is 2.98. The first-order valence-corrected chi connectivity index (χ1v) is 5.25. The van der Waals surface area contributed by atoms with Crippen molar-refractivity contribution in [2.75, 3.05) is 7.11 Å². The molecular formula is C13H14N2O2. The molecule has 1 aromatic heterocycles. The Morgan fingerprint density at radius 2 is 2.00 bits per heavy atom. The minimum Gasteiger partial charge on any atom is -0.497 e. The smallest absolute Gasteiger partial charge is 0.119 e. The standard InChI is InChI=1S/C13H14N2O2/c1-10-7-11(8-14-16)9-15(10)12-3-5-13(17-2)6-4-12/h3-9,16H,1-2H3. The summed E-state index contributed by atoms with van der Waals surface area (Å²) in [6.45, 7) is 2.00. The normalized spacial score (nSPS) is 10.9. The number of methoxy groups -OCH3 is 1. The molecule has 1 heterocycles. The molecule has 0 atom stereocenters. The summed E-state index contributed by atoms with van der Waals surface area (Å²) < 4.78 is 7.14. The molecule has 2 aromatic rings. The molecule has 0 aliphatic heterocycles. The number of hydrogen-bond donors (Lipinski definition) is 1. The molecule has 0 aliphatic carbocycles. The molecule has 4 heteroatoms. The Labute approximate surface area is 99.8 Å². The molecule has 0 radical (unpaired) electrons. The van der Waals surface area contributed by atoms with Crippen LogP contribution in [0.15, 0.2) is 41.7 Å². The second kappa shape index (κ2) is 4.74. The van der Waals surface area contributed by atoms with E-state index in [-0.39, 0.29) is 0 Å². The Bertz CT molecular complexity index is 527. The van der Waals surface area contributed by atoms with Gasteiger partial charge in [0, 0.05) is 23.1 Å². The number of rotatable bonds is 3. The Kier molecular flexibility index (Phi) is 3.14. The molecule has 2 rings (SSSR count). The van der Waals surface area contributed by atoms with Gasteiger partial charge in [0.1, 0.15) is 5.75 Å². The molecule has 1 N–H and O–H groups in total. The van der Waals surface area contributed by atoms with Crippen LogP contribution in [-0.4, -0.2) is 23.1 Å². The van der Waals surface area contributed by atoms with Crippen LogP contribution in [-0.2, 0) is 0 Å². The molecule has 0 spiro atoms. The van der Waals surface area contributed by atoms with Gasteiger partial charge < -0.3 is 14.5 Å². The van der Waals surface area contributed by atoms with Crippen LogP contribution in [0.25, 0.3) is 5.69 Å². The van der Waals surface area contributed by atoms with Gasteiger partial charge >= 0.3 is 0 Å². The third kappa shape index (κ3) is 2.30. The third-order valence-electron chi connectivity index (χ3n) is 2.59. The van der Waals surface area contributed by atoms with Crippen LogP contribution in [0, 0.1) is 6.92 Å². The summed E-state index contributed by atoms with van der Waals surface area (Å²) in [5.74, 6) is 0.829. The predicted molar refractivity (Wildman–Crippen MR) is 66.4 cm³/mol. The van der Waals surface area contributed by atoms with Gasteiger partial charge in [0.05, 0.1) is 13.3 Å². The van der Waals surface area contributed by atoms with E-state index in [0.29, 0.717) is 0 Å². The van der Waals surface area contributed by atoms with Crippen LogP contribution < -0.4 is 4.74 Å². The maximum atomic E-state index is 8.50. The van der Waals surface area contributed by atoms with Crippen LogP contribution in [0.1, 0.15) is 11.3 Å². The molecule has 0 fully saturated rings. The highest BCUT2D eigenvalue weighted by Gasteiger charge is 2.03. The Balaban J connectivity index is 2.38. The van der Waals surface area contributed by atoms with Crippen LogP contribution >= 0.6 is 0 Å². The van der Waals surface area contributed by atoms with Gasteiger partial charge in [0.15, 0.2) is 0 Å². The van der Waals surface area contributed by atoms with E-state index in [1.165, 1.54) is 6.21 Å². The fourth-order valence-electron chi connectivity index (χ4n) is 1.76. The number of aromatic nitrogens is 1. The summed E-state index contributed by atoms with van der Waals surface area (Å²) in [5, 5.41) is 11.5. The van der Waals surface area contributed by atoms with Gasteiger partial charge in [-0.15, -0.1) is 0 Å². The van der Waals surface area contributed by atoms with Gasteiger partial charge in [0.2, 0.25) is 0 Å². The fourth-order valence-corrected chi connectivity index (χ4v) is 1.76. The van der Waals surface area contributed by atoms with Crippen LogP contribution in [0.2, 0.25) is 0 Å². The van der Waals surface area contributed by atoms with Crippen molar-refractivity contribution in [1.82, 2.24) is 4.57 Å². The number of oxime groups is 1. The summed E-state index contributed by atoms with van der Waals surface area (Å²) in [6.07, 6.45) is 3.32. The second-order valence-electron chi connectivity index (χ2n) is 3.73. The molecule has 0 amide bonds. The van der Waals surface area contributed by atoms with Crippen molar-refractivity contribution < 1.29 is 9.94 Å². The summed E-state index contributed by atoms with van der Waals surface area (Å²) in [7, 11) is 1.64. The van der Waals surface area contributed by atoms with Gasteiger partial charge in [-0.05, 0) is 37.3 Å². The van der Waals surface area contributed by atoms with Gasteiger partial charge in [-0.25, -0.2) is 0 Å². The van der Waals surface area contributed by atoms with Crippen molar-refractivity contribution in [3.63, 3.8) is 0 Å². The van der Waals surface area contributed by atoms with Gasteiger partial charge in [-0.3, -0.25) is 0 Å². The van der Waals surface area contributed by atoms with Crippen molar-refractivity contribution in [1.29, 1.82) is 0 Å². The summed E-state index contributed by atoms with van der Waals surface area (Å²) in [6, 6.07) is 9.73. The maximum Gasteiger partial charge on any atom is 0.119 e. The molecule has 0 unspecified atom stereocenters. The lowest BCUT2D eigenvalue weighted by molar-refractivity contribution is 0.322. The highest BCUT2D eigenvalue weighted by Crippen LogP contribution is 2.18. The molecule has 88 valence electrons. The van der Waals surface area contributed by atoms with Crippen molar-refractivity contribution in [2.24, 2.45) is 5.16 Å². The molecule has 0 saturated carbocycles. The van der Waals surface area contributed by atoms with Crippen LogP contribution in [0.4, 0.5) is 0 Å². The maximum absolute atomic E-state index is 8.50. The Hall–Kier alpha value is -2.23. The first kappa shape index (κ1) is 11.3. The highest BCUT2D eigenvalue weighted by atomic mass is 16.5. The van der Waals surface area contributed by atoms with E-state index < -0.39 is 0 Å². The first-order valence-electron chi connectivity index (χ1n) is 5.25. The van der Waals surface area contributed by atoms with E-state index in [1.807, 2.05) is 48.0 Å². The molecule has 1 aromatic carbocycles. The van der Waals surface area contributed by atoms with E-state index >= 15 is 0 Å². The largest absolute Gasteiger partial charge is 0.497 e. The quantitative estimate of drug-likeness (QED) is 0.500. The van der Waals surface area contributed by atoms with Crippen LogP contribution in [0.5, 0.6) is 5.75 Å². The number of ether oxygens (including phenoxy) is 1. The second-order valence-corrected chi connectivity index (χ2v) is 3.73. The number of nitrogens with zero attached hydrogens (tertiary/aromatic N) is 2. The molecule has 4 nitrogen and oxygen atoms in total. The number of hydrogen-bond acceptors (Lipinski definition) is 3. The van der Waals surface area contributed by atoms with Crippen LogP contribution in [0.3, 0.4) is 0 Å². The van der Waals surface area contributed by atoms with E-state index in [4.69, 9.17) is 9.94 Å². The Morgan fingerprint density at radius 3 is 2.59 bits per heavy atom. The monoisotopic (exact) mass is 230 g/mol. The highest BCUT2D eigenvalue weighted by molar-refractivity contribution is 5.79. The van der Waals surface area contributed by atoms with E-state index in [1.54, 1.807) is 7.11 Å². The van der Waals surface area contributed by atoms with E-state index in [9.17, 15) is 0 Å². The predicted octanol–water partition coefficient (Wildman–Crippen LogP) is 2.60. The van der Waals surface area contributed by atoms with Gasteiger partial charge in [-0.1, -0.05) is 5.16 Å². The van der Waals surface area contributed by atoms with E-state index in [0.717, 1.165) is 22.7 Å². The number of aryl methyl sites for hydroxylation is 1. The lowest BCUT2D eigenvalue weighted by Gasteiger charge is -2.06. The first-order chi connectivity index (χ1) is 8.24. The average Bonchev–Trinajstić information content (AvgIpc) is 2.71.